The number of benzene rings is 1. The van der Waals surface area contributed by atoms with Gasteiger partial charge in [-0.05, 0) is 38.5 Å². The minimum atomic E-state index is -0.956. The molecule has 2 N–H and O–H groups in total. The zero-order valence-corrected chi connectivity index (χ0v) is 13.0. The van der Waals surface area contributed by atoms with Crippen LogP contribution >= 0.6 is 0 Å². The molecule has 0 aliphatic carbocycles. The highest BCUT2D eigenvalue weighted by Crippen LogP contribution is 2.18. The number of carbonyl (C=O) groups excluding carboxylic acids is 1. The average Bonchev–Trinajstić information content (AvgIpc) is 2.35. The predicted octanol–water partition coefficient (Wildman–Crippen LogP) is 3.04. The number of anilines is 1. The molecular weight excluding hydrogens is 272 g/mol. The molecule has 110 valence electrons. The Balaban J connectivity index is 2.69. The molecule has 1 atom stereocenters. The summed E-state index contributed by atoms with van der Waals surface area (Å²) in [5, 5.41) is 5.37. The molecule has 20 heavy (non-hydrogen) atoms. The van der Waals surface area contributed by atoms with Gasteiger partial charge in [0.1, 0.15) is 0 Å². The maximum atomic E-state index is 12.1. The van der Waals surface area contributed by atoms with Gasteiger partial charge in [0.2, 0.25) is 0 Å². The predicted molar refractivity (Wildman–Crippen MR) is 85.3 cm³/mol. The van der Waals surface area contributed by atoms with Crippen LogP contribution < -0.4 is 10.6 Å². The molecule has 0 radical (unpaired) electrons. The molecule has 0 fully saturated rings. The van der Waals surface area contributed by atoms with Crippen molar-refractivity contribution >= 4 is 22.5 Å². The summed E-state index contributed by atoms with van der Waals surface area (Å²) in [6.07, 6.45) is 1.61. The molecule has 1 aromatic rings. The van der Waals surface area contributed by atoms with Gasteiger partial charge in [-0.25, -0.2) is 4.79 Å². The van der Waals surface area contributed by atoms with E-state index >= 15 is 0 Å². The molecule has 4 nitrogen and oxygen atoms in total. The first-order valence-corrected chi connectivity index (χ1v) is 7.78. The third-order valence-electron chi connectivity index (χ3n) is 2.57. The lowest BCUT2D eigenvalue weighted by Crippen LogP contribution is -2.28. The summed E-state index contributed by atoms with van der Waals surface area (Å²) in [7, 11) is -0.956. The Labute approximate surface area is 123 Å². The van der Waals surface area contributed by atoms with Gasteiger partial charge in [0, 0.05) is 33.5 Å². The number of amides is 2. The van der Waals surface area contributed by atoms with Crippen LogP contribution in [-0.2, 0) is 16.6 Å². The first-order valence-electron chi connectivity index (χ1n) is 6.46. The van der Waals surface area contributed by atoms with E-state index in [1.54, 1.807) is 12.1 Å². The van der Waals surface area contributed by atoms with Crippen LogP contribution in [0, 0.1) is 0 Å². The van der Waals surface area contributed by atoms with E-state index in [1.165, 1.54) is 0 Å². The van der Waals surface area contributed by atoms with Crippen LogP contribution in [0.4, 0.5) is 10.5 Å². The summed E-state index contributed by atoms with van der Waals surface area (Å²) in [4.78, 5) is 11.5. The zero-order chi connectivity index (χ0) is 15.2. The molecule has 1 rings (SSSR count). The topological polar surface area (TPSA) is 58.2 Å². The van der Waals surface area contributed by atoms with Crippen LogP contribution in [0.3, 0.4) is 0 Å². The van der Waals surface area contributed by atoms with Gasteiger partial charge in [0.25, 0.3) is 0 Å². The van der Waals surface area contributed by atoms with Crippen molar-refractivity contribution in [3.8, 4) is 0 Å². The standard InChI is InChI=1S/C15H22N2O2S/c1-5-9-16-14(18)17-13-8-6-7-12(10-13)11-20(19)15(2,3)4/h5-8,10H,1,9,11H2,2-4H3,(H2,16,17,18). The number of urea groups is 1. The minimum Gasteiger partial charge on any atom is -0.334 e. The SMILES string of the molecule is C=CCNC(=O)Nc1cccc(CS(=O)C(C)(C)C)c1. The van der Waals surface area contributed by atoms with Crippen molar-refractivity contribution in [2.24, 2.45) is 0 Å². The summed E-state index contributed by atoms with van der Waals surface area (Å²) < 4.78 is 11.9. The molecule has 0 spiro atoms. The van der Waals surface area contributed by atoms with Gasteiger partial charge in [-0.2, -0.15) is 0 Å². The van der Waals surface area contributed by atoms with Gasteiger partial charge in [0.05, 0.1) is 0 Å². The molecule has 0 heterocycles. The second-order valence-corrected chi connectivity index (χ2v) is 7.63. The summed E-state index contributed by atoms with van der Waals surface area (Å²) in [5.41, 5.74) is 1.63. The van der Waals surface area contributed by atoms with Gasteiger partial charge in [-0.1, -0.05) is 18.2 Å². The molecule has 0 aliphatic rings. The van der Waals surface area contributed by atoms with Crippen molar-refractivity contribution in [3.63, 3.8) is 0 Å². The Kier molecular flexibility index (Phi) is 5.95. The Morgan fingerprint density at radius 1 is 1.40 bits per heavy atom. The summed E-state index contributed by atoms with van der Waals surface area (Å²) in [5.74, 6) is 0.479. The second-order valence-electron chi connectivity index (χ2n) is 5.43. The van der Waals surface area contributed by atoms with Gasteiger partial charge in [-0.3, -0.25) is 4.21 Å². The van der Waals surface area contributed by atoms with Crippen LogP contribution in [0.25, 0.3) is 0 Å². The summed E-state index contributed by atoms with van der Waals surface area (Å²) >= 11 is 0. The number of rotatable bonds is 5. The van der Waals surface area contributed by atoms with Crippen molar-refractivity contribution in [1.29, 1.82) is 0 Å². The van der Waals surface area contributed by atoms with Crippen molar-refractivity contribution in [2.45, 2.75) is 31.3 Å². The fourth-order valence-corrected chi connectivity index (χ4v) is 2.36. The average molecular weight is 294 g/mol. The van der Waals surface area contributed by atoms with Crippen molar-refractivity contribution in [2.75, 3.05) is 11.9 Å². The normalized spacial score (nSPS) is 12.6. The Hall–Kier alpha value is -1.62. The van der Waals surface area contributed by atoms with Crippen LogP contribution in [0.1, 0.15) is 26.3 Å². The van der Waals surface area contributed by atoms with E-state index < -0.39 is 10.8 Å². The molecule has 0 aromatic heterocycles. The van der Waals surface area contributed by atoms with E-state index in [4.69, 9.17) is 0 Å². The van der Waals surface area contributed by atoms with E-state index in [2.05, 4.69) is 17.2 Å². The van der Waals surface area contributed by atoms with Gasteiger partial charge >= 0.3 is 6.03 Å². The highest BCUT2D eigenvalue weighted by atomic mass is 32.2. The fourth-order valence-electron chi connectivity index (χ4n) is 1.45. The largest absolute Gasteiger partial charge is 0.334 e. The lowest BCUT2D eigenvalue weighted by atomic mass is 10.2. The zero-order valence-electron chi connectivity index (χ0n) is 12.2. The fraction of sp³-hybridized carbons (Fsp3) is 0.400. The third kappa shape index (κ3) is 5.57. The number of carbonyl (C=O) groups is 1. The Bertz CT molecular complexity index is 507. The van der Waals surface area contributed by atoms with Crippen molar-refractivity contribution in [3.05, 3.63) is 42.5 Å². The van der Waals surface area contributed by atoms with Crippen molar-refractivity contribution < 1.29 is 9.00 Å². The molecule has 2 amide bonds. The quantitative estimate of drug-likeness (QED) is 0.820. The molecule has 0 bridgehead atoms. The van der Waals surface area contributed by atoms with E-state index in [1.807, 2.05) is 39.0 Å². The van der Waals surface area contributed by atoms with Crippen LogP contribution in [0.5, 0.6) is 0 Å². The van der Waals surface area contributed by atoms with Gasteiger partial charge in [0.15, 0.2) is 0 Å². The van der Waals surface area contributed by atoms with Crippen LogP contribution in [-0.4, -0.2) is 21.5 Å². The number of nitrogens with one attached hydrogen (secondary N) is 2. The van der Waals surface area contributed by atoms with E-state index in [0.717, 1.165) is 5.56 Å². The monoisotopic (exact) mass is 294 g/mol. The number of hydrogen-bond acceptors (Lipinski definition) is 2. The smallest absolute Gasteiger partial charge is 0.319 e. The van der Waals surface area contributed by atoms with Crippen molar-refractivity contribution in [1.82, 2.24) is 5.32 Å². The van der Waals surface area contributed by atoms with E-state index in [0.29, 0.717) is 18.0 Å². The van der Waals surface area contributed by atoms with Crippen LogP contribution in [0.2, 0.25) is 0 Å². The Morgan fingerprint density at radius 2 is 2.10 bits per heavy atom. The molecule has 1 unspecified atom stereocenters. The first-order chi connectivity index (χ1) is 9.32. The first kappa shape index (κ1) is 16.4. The molecule has 1 aromatic carbocycles. The summed E-state index contributed by atoms with van der Waals surface area (Å²) in [6, 6.07) is 7.13. The second kappa shape index (κ2) is 7.24. The maximum absolute atomic E-state index is 12.1. The van der Waals surface area contributed by atoms with Gasteiger partial charge < -0.3 is 10.6 Å². The maximum Gasteiger partial charge on any atom is 0.319 e. The van der Waals surface area contributed by atoms with E-state index in [-0.39, 0.29) is 10.8 Å². The molecule has 5 heteroatoms. The third-order valence-corrected chi connectivity index (χ3v) is 4.53. The molecular formula is C15H22N2O2S. The minimum absolute atomic E-state index is 0.245. The molecule has 0 saturated carbocycles. The lowest BCUT2D eigenvalue weighted by molar-refractivity contribution is 0.253. The van der Waals surface area contributed by atoms with E-state index in [9.17, 15) is 9.00 Å². The lowest BCUT2D eigenvalue weighted by Gasteiger charge is -2.18. The highest BCUT2D eigenvalue weighted by Gasteiger charge is 2.19. The van der Waals surface area contributed by atoms with Gasteiger partial charge in [-0.15, -0.1) is 6.58 Å². The summed E-state index contributed by atoms with van der Waals surface area (Å²) in [6.45, 7) is 9.81. The van der Waals surface area contributed by atoms with Crippen LogP contribution in [0.15, 0.2) is 36.9 Å². The number of hydrogen-bond donors (Lipinski definition) is 2. The molecule has 0 saturated heterocycles. The Morgan fingerprint density at radius 3 is 2.70 bits per heavy atom. The highest BCUT2D eigenvalue weighted by molar-refractivity contribution is 7.85. The molecule has 0 aliphatic heterocycles.